The van der Waals surface area contributed by atoms with Gasteiger partial charge in [-0.15, -0.1) is 0 Å². The first-order valence-electron chi connectivity index (χ1n) is 6.58. The summed E-state index contributed by atoms with van der Waals surface area (Å²) in [5, 5.41) is 3.34. The van der Waals surface area contributed by atoms with Gasteiger partial charge in [0.05, 0.1) is 18.6 Å². The topological polar surface area (TPSA) is 39.1 Å². The lowest BCUT2D eigenvalue weighted by Gasteiger charge is -2.15. The van der Waals surface area contributed by atoms with Gasteiger partial charge >= 0.3 is 0 Å². The number of rotatable bonds is 6. The lowest BCUT2D eigenvalue weighted by Crippen LogP contribution is -2.25. The van der Waals surface area contributed by atoms with E-state index in [0.717, 1.165) is 51.6 Å². The second-order valence-corrected chi connectivity index (χ2v) is 5.05. The minimum absolute atomic E-state index is 0.724. The maximum Gasteiger partial charge on any atom is 0.0953 e. The van der Waals surface area contributed by atoms with Gasteiger partial charge in [0, 0.05) is 38.4 Å². The molecule has 17 heavy (non-hydrogen) atoms. The highest BCUT2D eigenvalue weighted by atomic mass is 16.5. The third-order valence-corrected chi connectivity index (χ3v) is 3.18. The second kappa shape index (κ2) is 6.17. The number of aromatic nitrogens is 2. The van der Waals surface area contributed by atoms with Gasteiger partial charge in [-0.3, -0.25) is 0 Å². The predicted molar refractivity (Wildman–Crippen MR) is 67.9 cm³/mol. The van der Waals surface area contributed by atoms with Crippen molar-refractivity contribution >= 4 is 0 Å². The summed E-state index contributed by atoms with van der Waals surface area (Å²) >= 11 is 0. The summed E-state index contributed by atoms with van der Waals surface area (Å²) < 4.78 is 7.89. The molecular weight excluding hydrogens is 214 g/mol. The van der Waals surface area contributed by atoms with Crippen LogP contribution >= 0.6 is 0 Å². The van der Waals surface area contributed by atoms with Crippen molar-refractivity contribution in [2.75, 3.05) is 19.8 Å². The monoisotopic (exact) mass is 237 g/mol. The number of hydrogen-bond donors (Lipinski definition) is 1. The highest BCUT2D eigenvalue weighted by Gasteiger charge is 2.14. The molecule has 0 atom stereocenters. The van der Waals surface area contributed by atoms with Gasteiger partial charge in [-0.05, 0) is 12.3 Å². The van der Waals surface area contributed by atoms with Crippen LogP contribution in [-0.2, 0) is 24.2 Å². The maximum absolute atomic E-state index is 5.64. The molecule has 0 fully saturated rings. The molecule has 1 aromatic rings. The van der Waals surface area contributed by atoms with Crippen LogP contribution in [0.1, 0.15) is 31.7 Å². The molecule has 0 spiro atoms. The molecule has 0 bridgehead atoms. The van der Waals surface area contributed by atoms with Gasteiger partial charge in [0.15, 0.2) is 0 Å². The van der Waals surface area contributed by atoms with E-state index >= 15 is 0 Å². The van der Waals surface area contributed by atoms with Crippen molar-refractivity contribution in [2.45, 2.75) is 39.8 Å². The van der Waals surface area contributed by atoms with E-state index in [1.807, 2.05) is 6.33 Å². The Bertz CT molecular complexity index is 346. The molecule has 0 saturated heterocycles. The van der Waals surface area contributed by atoms with Crippen molar-refractivity contribution in [3.8, 4) is 0 Å². The fraction of sp³-hybridized carbons (Fsp3) is 0.769. The summed E-state index contributed by atoms with van der Waals surface area (Å²) in [5.41, 5.74) is 2.59. The lowest BCUT2D eigenvalue weighted by molar-refractivity contribution is 0.115. The standard InChI is InChI=1S/C13H23N3O/c1-11(2)4-7-17-8-6-16-10-15-12-9-14-5-3-13(12)16/h10-11,14H,3-9H2,1-2H3. The van der Waals surface area contributed by atoms with Crippen molar-refractivity contribution in [3.63, 3.8) is 0 Å². The molecule has 1 N–H and O–H groups in total. The van der Waals surface area contributed by atoms with Crippen LogP contribution in [-0.4, -0.2) is 29.3 Å². The molecule has 2 heterocycles. The Hall–Kier alpha value is -0.870. The van der Waals surface area contributed by atoms with E-state index < -0.39 is 0 Å². The molecule has 96 valence electrons. The van der Waals surface area contributed by atoms with Gasteiger partial charge in [0.2, 0.25) is 0 Å². The average Bonchev–Trinajstić information content (AvgIpc) is 2.72. The fourth-order valence-electron chi connectivity index (χ4n) is 2.08. The van der Waals surface area contributed by atoms with E-state index in [9.17, 15) is 0 Å². The molecule has 0 radical (unpaired) electrons. The Morgan fingerprint density at radius 2 is 2.35 bits per heavy atom. The van der Waals surface area contributed by atoms with Crippen molar-refractivity contribution in [2.24, 2.45) is 5.92 Å². The Morgan fingerprint density at radius 1 is 1.47 bits per heavy atom. The van der Waals surface area contributed by atoms with Crippen LogP contribution in [0.4, 0.5) is 0 Å². The molecule has 1 aliphatic rings. The lowest BCUT2D eigenvalue weighted by atomic mass is 10.1. The van der Waals surface area contributed by atoms with Gasteiger partial charge in [-0.25, -0.2) is 4.98 Å². The third kappa shape index (κ3) is 3.54. The summed E-state index contributed by atoms with van der Waals surface area (Å²) in [7, 11) is 0. The molecule has 4 nitrogen and oxygen atoms in total. The number of nitrogens with one attached hydrogen (secondary N) is 1. The van der Waals surface area contributed by atoms with Crippen LogP contribution < -0.4 is 5.32 Å². The first kappa shape index (κ1) is 12.6. The molecule has 1 aliphatic heterocycles. The number of ether oxygens (including phenoxy) is 1. The Labute approximate surface area is 103 Å². The van der Waals surface area contributed by atoms with Gasteiger partial charge < -0.3 is 14.6 Å². The van der Waals surface area contributed by atoms with Crippen LogP contribution in [0.5, 0.6) is 0 Å². The summed E-state index contributed by atoms with van der Waals surface area (Å²) in [6, 6.07) is 0. The van der Waals surface area contributed by atoms with Crippen molar-refractivity contribution in [1.29, 1.82) is 0 Å². The van der Waals surface area contributed by atoms with Gasteiger partial charge in [0.1, 0.15) is 0 Å². The van der Waals surface area contributed by atoms with E-state index in [1.54, 1.807) is 0 Å². The zero-order valence-electron chi connectivity index (χ0n) is 10.9. The molecule has 0 unspecified atom stereocenters. The molecule has 0 amide bonds. The van der Waals surface area contributed by atoms with Crippen LogP contribution in [0.2, 0.25) is 0 Å². The highest BCUT2D eigenvalue weighted by Crippen LogP contribution is 2.11. The van der Waals surface area contributed by atoms with E-state index in [2.05, 4.69) is 28.7 Å². The molecule has 0 saturated carbocycles. The van der Waals surface area contributed by atoms with E-state index in [4.69, 9.17) is 4.74 Å². The molecule has 0 aliphatic carbocycles. The maximum atomic E-state index is 5.64. The Balaban J connectivity index is 1.74. The van der Waals surface area contributed by atoms with Crippen LogP contribution in [0.25, 0.3) is 0 Å². The van der Waals surface area contributed by atoms with E-state index in [-0.39, 0.29) is 0 Å². The smallest absolute Gasteiger partial charge is 0.0953 e. The average molecular weight is 237 g/mol. The Kier molecular flexibility index (Phi) is 4.57. The number of nitrogens with zero attached hydrogens (tertiary/aromatic N) is 2. The van der Waals surface area contributed by atoms with E-state index in [0.29, 0.717) is 0 Å². The largest absolute Gasteiger partial charge is 0.380 e. The number of imidazole rings is 1. The molecular formula is C13H23N3O. The van der Waals surface area contributed by atoms with Crippen LogP contribution in [0.15, 0.2) is 6.33 Å². The van der Waals surface area contributed by atoms with Gasteiger partial charge in [0.25, 0.3) is 0 Å². The molecule has 2 rings (SSSR count). The molecule has 4 heteroatoms. The highest BCUT2D eigenvalue weighted by molar-refractivity contribution is 5.16. The predicted octanol–water partition coefficient (Wildman–Crippen LogP) is 1.59. The zero-order chi connectivity index (χ0) is 12.1. The number of fused-ring (bicyclic) bond motifs is 1. The number of hydrogen-bond acceptors (Lipinski definition) is 3. The first-order chi connectivity index (χ1) is 8.27. The summed E-state index contributed by atoms with van der Waals surface area (Å²) in [5.74, 6) is 0.724. The van der Waals surface area contributed by atoms with Crippen molar-refractivity contribution in [3.05, 3.63) is 17.7 Å². The van der Waals surface area contributed by atoms with E-state index in [1.165, 1.54) is 11.4 Å². The van der Waals surface area contributed by atoms with Crippen molar-refractivity contribution in [1.82, 2.24) is 14.9 Å². The van der Waals surface area contributed by atoms with Crippen LogP contribution in [0, 0.1) is 5.92 Å². The quantitative estimate of drug-likeness (QED) is 0.764. The third-order valence-electron chi connectivity index (χ3n) is 3.18. The normalized spacial score (nSPS) is 15.2. The minimum atomic E-state index is 0.724. The zero-order valence-corrected chi connectivity index (χ0v) is 10.9. The molecule has 0 aromatic carbocycles. The summed E-state index contributed by atoms with van der Waals surface area (Å²) in [6.07, 6.45) is 4.18. The van der Waals surface area contributed by atoms with Gasteiger partial charge in [-0.2, -0.15) is 0 Å². The van der Waals surface area contributed by atoms with Crippen molar-refractivity contribution < 1.29 is 4.74 Å². The SMILES string of the molecule is CC(C)CCOCCn1cnc2c1CCNC2. The van der Waals surface area contributed by atoms with Gasteiger partial charge in [-0.1, -0.05) is 13.8 Å². The minimum Gasteiger partial charge on any atom is -0.380 e. The van der Waals surface area contributed by atoms with Crippen LogP contribution in [0.3, 0.4) is 0 Å². The first-order valence-corrected chi connectivity index (χ1v) is 6.58. The summed E-state index contributed by atoms with van der Waals surface area (Å²) in [4.78, 5) is 4.43. The Morgan fingerprint density at radius 3 is 3.18 bits per heavy atom. The fourth-order valence-corrected chi connectivity index (χ4v) is 2.08. The molecule has 1 aromatic heterocycles. The second-order valence-electron chi connectivity index (χ2n) is 5.05. The summed E-state index contributed by atoms with van der Waals surface area (Å²) in [6.45, 7) is 9.02.